The van der Waals surface area contributed by atoms with Crippen molar-refractivity contribution in [2.45, 2.75) is 38.9 Å². The highest BCUT2D eigenvalue weighted by Gasteiger charge is 2.29. The van der Waals surface area contributed by atoms with Crippen LogP contribution in [0.2, 0.25) is 0 Å². The molecule has 1 unspecified atom stereocenters. The van der Waals surface area contributed by atoms with Crippen LogP contribution in [-0.2, 0) is 17.9 Å². The summed E-state index contributed by atoms with van der Waals surface area (Å²) in [6, 6.07) is 2.19. The van der Waals surface area contributed by atoms with Crippen molar-refractivity contribution in [1.82, 2.24) is 34.4 Å². The zero-order valence-electron chi connectivity index (χ0n) is 13.5. The highest BCUT2D eigenvalue weighted by molar-refractivity contribution is 5.80. The Hall–Kier alpha value is -2.77. The van der Waals surface area contributed by atoms with Gasteiger partial charge in [-0.1, -0.05) is 0 Å². The summed E-state index contributed by atoms with van der Waals surface area (Å²) in [7, 11) is 0. The molecule has 8 nitrogen and oxygen atoms in total. The van der Waals surface area contributed by atoms with Gasteiger partial charge in [0.25, 0.3) is 0 Å². The van der Waals surface area contributed by atoms with E-state index in [1.165, 1.54) is 6.33 Å². The number of fused-ring (bicyclic) bond motifs is 1. The number of hydrogen-bond donors (Lipinski definition) is 0. The van der Waals surface area contributed by atoms with Gasteiger partial charge < -0.3 is 4.90 Å². The molecule has 0 saturated carbocycles. The van der Waals surface area contributed by atoms with Crippen molar-refractivity contribution in [2.75, 3.05) is 6.54 Å². The van der Waals surface area contributed by atoms with Crippen LogP contribution in [0.5, 0.6) is 0 Å². The number of amides is 1. The number of carbonyl (C=O) groups excluding carboxylic acids is 1. The quantitative estimate of drug-likeness (QED) is 0.715. The third-order valence-electron chi connectivity index (χ3n) is 4.46. The Morgan fingerprint density at radius 1 is 1.33 bits per heavy atom. The van der Waals surface area contributed by atoms with Crippen LogP contribution in [0.1, 0.15) is 18.4 Å². The lowest BCUT2D eigenvalue weighted by atomic mass is 10.2. The summed E-state index contributed by atoms with van der Waals surface area (Å²) in [5, 5.41) is 9.43. The van der Waals surface area contributed by atoms with E-state index >= 15 is 0 Å². The SMILES string of the molecule is Cc1cnc2c(cnn2CC(=O)N2CCCC2Cn2cncn2)c1. The average Bonchev–Trinajstić information content (AvgIpc) is 3.29. The van der Waals surface area contributed by atoms with E-state index in [1.807, 2.05) is 17.9 Å². The molecule has 1 saturated heterocycles. The normalized spacial score (nSPS) is 17.7. The Balaban J connectivity index is 1.50. The minimum Gasteiger partial charge on any atom is -0.336 e. The molecule has 1 aliphatic rings. The molecular formula is C16H19N7O. The molecule has 4 heterocycles. The minimum absolute atomic E-state index is 0.0741. The lowest BCUT2D eigenvalue weighted by Gasteiger charge is -2.24. The summed E-state index contributed by atoms with van der Waals surface area (Å²) in [5.41, 5.74) is 1.83. The molecule has 24 heavy (non-hydrogen) atoms. The molecule has 0 bridgehead atoms. The Labute approximate surface area is 139 Å². The lowest BCUT2D eigenvalue weighted by molar-refractivity contribution is -0.133. The molecule has 1 atom stereocenters. The first kappa shape index (κ1) is 14.8. The third kappa shape index (κ3) is 2.75. The summed E-state index contributed by atoms with van der Waals surface area (Å²) in [6.45, 7) is 3.67. The zero-order valence-corrected chi connectivity index (χ0v) is 13.5. The van der Waals surface area contributed by atoms with E-state index in [2.05, 4.69) is 20.2 Å². The van der Waals surface area contributed by atoms with Gasteiger partial charge in [-0.05, 0) is 31.4 Å². The van der Waals surface area contributed by atoms with Gasteiger partial charge in [0.15, 0.2) is 5.65 Å². The molecule has 4 rings (SSSR count). The smallest absolute Gasteiger partial charge is 0.244 e. The number of rotatable bonds is 4. The summed E-state index contributed by atoms with van der Waals surface area (Å²) >= 11 is 0. The van der Waals surface area contributed by atoms with Gasteiger partial charge in [0.05, 0.1) is 18.8 Å². The minimum atomic E-state index is 0.0741. The molecule has 0 radical (unpaired) electrons. The molecule has 0 N–H and O–H groups in total. The molecular weight excluding hydrogens is 306 g/mol. The molecule has 1 amide bonds. The van der Waals surface area contributed by atoms with Crippen LogP contribution in [-0.4, -0.2) is 52.9 Å². The zero-order chi connectivity index (χ0) is 16.5. The van der Waals surface area contributed by atoms with Gasteiger partial charge in [0.2, 0.25) is 5.91 Å². The topological polar surface area (TPSA) is 81.7 Å². The second-order valence-corrected chi connectivity index (χ2v) is 6.23. The van der Waals surface area contributed by atoms with Crippen LogP contribution in [0, 0.1) is 6.92 Å². The van der Waals surface area contributed by atoms with Crippen molar-refractivity contribution in [1.29, 1.82) is 0 Å². The molecule has 0 aromatic carbocycles. The average molecular weight is 325 g/mol. The maximum atomic E-state index is 12.8. The molecule has 0 aliphatic carbocycles. The molecule has 3 aromatic heterocycles. The Bertz CT molecular complexity index is 855. The number of aromatic nitrogens is 6. The fraction of sp³-hybridized carbons (Fsp3) is 0.438. The summed E-state index contributed by atoms with van der Waals surface area (Å²) in [6.07, 6.45) is 8.78. The number of aryl methyl sites for hydroxylation is 1. The van der Waals surface area contributed by atoms with Crippen LogP contribution in [0.15, 0.2) is 31.1 Å². The first-order valence-corrected chi connectivity index (χ1v) is 8.11. The van der Waals surface area contributed by atoms with Crippen LogP contribution in [0.3, 0.4) is 0 Å². The molecule has 1 aliphatic heterocycles. The maximum Gasteiger partial charge on any atom is 0.244 e. The molecule has 3 aromatic rings. The van der Waals surface area contributed by atoms with Crippen molar-refractivity contribution in [2.24, 2.45) is 0 Å². The number of pyridine rings is 1. The number of carbonyl (C=O) groups is 1. The maximum absolute atomic E-state index is 12.8. The standard InChI is InChI=1S/C16H19N7O/c1-12-5-13-7-19-23(16(13)18-6-12)9-15(24)22-4-2-3-14(22)8-21-11-17-10-20-21/h5-7,10-11,14H,2-4,8-9H2,1H3. The van der Waals surface area contributed by atoms with E-state index in [4.69, 9.17) is 0 Å². The van der Waals surface area contributed by atoms with Gasteiger partial charge in [-0.2, -0.15) is 10.2 Å². The number of hydrogen-bond acceptors (Lipinski definition) is 5. The van der Waals surface area contributed by atoms with Crippen LogP contribution >= 0.6 is 0 Å². The first-order chi connectivity index (χ1) is 11.7. The van der Waals surface area contributed by atoms with Gasteiger partial charge in [-0.3, -0.25) is 9.48 Å². The Kier molecular flexibility index (Phi) is 3.72. The second kappa shape index (κ2) is 6.03. The predicted octanol–water partition coefficient (Wildman–Crippen LogP) is 1.02. The summed E-state index contributed by atoms with van der Waals surface area (Å²) < 4.78 is 3.46. The van der Waals surface area contributed by atoms with Crippen LogP contribution < -0.4 is 0 Å². The van der Waals surface area contributed by atoms with E-state index in [1.54, 1.807) is 28.1 Å². The molecule has 8 heteroatoms. The lowest BCUT2D eigenvalue weighted by Crippen LogP contribution is -2.40. The van der Waals surface area contributed by atoms with Crippen molar-refractivity contribution < 1.29 is 4.79 Å². The van der Waals surface area contributed by atoms with Crippen molar-refractivity contribution >= 4 is 16.9 Å². The van der Waals surface area contributed by atoms with Gasteiger partial charge in [-0.25, -0.2) is 14.6 Å². The molecule has 0 spiro atoms. The molecule has 124 valence electrons. The van der Waals surface area contributed by atoms with Crippen LogP contribution in [0.4, 0.5) is 0 Å². The fourth-order valence-corrected chi connectivity index (χ4v) is 3.31. The summed E-state index contributed by atoms with van der Waals surface area (Å²) in [4.78, 5) is 23.1. The van der Waals surface area contributed by atoms with Gasteiger partial charge >= 0.3 is 0 Å². The van der Waals surface area contributed by atoms with E-state index in [0.29, 0.717) is 6.54 Å². The van der Waals surface area contributed by atoms with Crippen molar-refractivity contribution in [3.05, 3.63) is 36.7 Å². The Morgan fingerprint density at radius 3 is 3.08 bits per heavy atom. The second-order valence-electron chi connectivity index (χ2n) is 6.23. The van der Waals surface area contributed by atoms with E-state index in [9.17, 15) is 4.79 Å². The number of nitrogens with zero attached hydrogens (tertiary/aromatic N) is 7. The van der Waals surface area contributed by atoms with Gasteiger partial charge in [0.1, 0.15) is 19.2 Å². The molecule has 1 fully saturated rings. The summed E-state index contributed by atoms with van der Waals surface area (Å²) in [5.74, 6) is 0.0741. The van der Waals surface area contributed by atoms with Gasteiger partial charge in [0, 0.05) is 18.1 Å². The predicted molar refractivity (Wildman–Crippen MR) is 87.0 cm³/mol. The van der Waals surface area contributed by atoms with Gasteiger partial charge in [-0.15, -0.1) is 0 Å². The van der Waals surface area contributed by atoms with E-state index < -0.39 is 0 Å². The number of likely N-dealkylation sites (tertiary alicyclic amines) is 1. The van der Waals surface area contributed by atoms with E-state index in [0.717, 1.165) is 36.0 Å². The van der Waals surface area contributed by atoms with Crippen molar-refractivity contribution in [3.63, 3.8) is 0 Å². The highest BCUT2D eigenvalue weighted by atomic mass is 16.2. The largest absolute Gasteiger partial charge is 0.336 e. The fourth-order valence-electron chi connectivity index (χ4n) is 3.31. The third-order valence-corrected chi connectivity index (χ3v) is 4.46. The van der Waals surface area contributed by atoms with Crippen molar-refractivity contribution in [3.8, 4) is 0 Å². The first-order valence-electron chi connectivity index (χ1n) is 8.11. The van der Waals surface area contributed by atoms with Crippen LogP contribution in [0.25, 0.3) is 11.0 Å². The monoisotopic (exact) mass is 325 g/mol. The Morgan fingerprint density at radius 2 is 2.25 bits per heavy atom. The highest BCUT2D eigenvalue weighted by Crippen LogP contribution is 2.20. The van der Waals surface area contributed by atoms with E-state index in [-0.39, 0.29) is 18.5 Å².